The van der Waals surface area contributed by atoms with E-state index in [1.807, 2.05) is 24.2 Å². The number of amides is 3. The molecule has 15 heteroatoms. The van der Waals surface area contributed by atoms with E-state index in [9.17, 15) is 14.4 Å². The average Bonchev–Trinajstić information content (AvgIpc) is 4.01. The van der Waals surface area contributed by atoms with Gasteiger partial charge in [0.15, 0.2) is 0 Å². The molecule has 0 saturated carbocycles. The lowest BCUT2D eigenvalue weighted by molar-refractivity contribution is -0.131. The number of rotatable bonds is 17. The Balaban J connectivity index is 0.00000112. The second kappa shape index (κ2) is 27.7. The number of hydrogen-bond acceptors (Lipinski definition) is 9. The lowest BCUT2D eigenvalue weighted by Crippen LogP contribution is -2.40. The molecule has 0 aliphatic heterocycles. The highest BCUT2D eigenvalue weighted by atomic mass is 16.5. The number of likely N-dealkylation sites (N-methyl/N-ethyl adjacent to an activating group) is 1. The monoisotopic (exact) mass is 830 g/mol. The number of benzene rings is 2. The summed E-state index contributed by atoms with van der Waals surface area (Å²) in [5.74, 6) is 1.24. The number of methoxy groups -OCH3 is 1. The van der Waals surface area contributed by atoms with Crippen LogP contribution in [0.25, 0.3) is 44.5 Å². The number of carbonyl (C=O) groups excluding carboxylic acids is 4. The zero-order valence-electron chi connectivity index (χ0n) is 37.3. The normalized spacial score (nSPS) is 10.2. The van der Waals surface area contributed by atoms with Crippen LogP contribution in [0, 0.1) is 6.92 Å². The highest BCUT2D eigenvalue weighted by molar-refractivity contribution is 6.04. The van der Waals surface area contributed by atoms with Crippen LogP contribution in [0.5, 0.6) is 0 Å². The summed E-state index contributed by atoms with van der Waals surface area (Å²) in [7, 11) is 3.09. The number of carbonyl (C=O) groups is 4. The molecule has 5 N–H and O–H groups in total. The minimum Gasteiger partial charge on any atom is -0.471 e. The van der Waals surface area contributed by atoms with Gasteiger partial charge in [0, 0.05) is 30.2 Å². The number of aromatic nitrogens is 5. The summed E-state index contributed by atoms with van der Waals surface area (Å²) in [5, 5.41) is 6.57. The van der Waals surface area contributed by atoms with Crippen molar-refractivity contribution in [3.05, 3.63) is 72.2 Å². The molecule has 3 aromatic heterocycles. The standard InChI is InChI=1S/C37H47N9O4.2C3H8.C2H4O2/c1-6-15-45(33(47)20-38-5)23-32-40-19-30(44-32)28-14-13-27(35-24(4)17-41-36(28)35)25-9-11-26(12-10-25)29-18-39-31(43-29)22-46(16-7-2)34(48)21-42-37(49)50-8-3;2*1-3-2;1-4-2-3/h9-14,17-19,38,41H,6-8,15-16,20-23H2,1-5H3,(H,39,43)(H,40,44)(H,42,49);2*3H2,1-2H3;2H,1H3. The Morgan fingerprint density at radius 2 is 1.25 bits per heavy atom. The van der Waals surface area contributed by atoms with Gasteiger partial charge >= 0.3 is 6.09 Å². The molecule has 0 saturated heterocycles. The molecule has 3 heterocycles. The van der Waals surface area contributed by atoms with Gasteiger partial charge in [-0.1, -0.05) is 90.8 Å². The number of nitrogens with one attached hydrogen (secondary N) is 5. The number of ether oxygens (including phenoxy) is 2. The highest BCUT2D eigenvalue weighted by Crippen LogP contribution is 2.37. The second-order valence-electron chi connectivity index (χ2n) is 13.9. The van der Waals surface area contributed by atoms with Crippen LogP contribution in [0.2, 0.25) is 0 Å². The maximum Gasteiger partial charge on any atom is 0.407 e. The van der Waals surface area contributed by atoms with Crippen molar-refractivity contribution in [1.29, 1.82) is 0 Å². The van der Waals surface area contributed by atoms with Crippen LogP contribution in [-0.4, -0.2) is 106 Å². The Bertz CT molecular complexity index is 2020. The van der Waals surface area contributed by atoms with E-state index in [1.165, 1.54) is 20.0 Å². The number of H-pyrrole nitrogens is 3. The summed E-state index contributed by atoms with van der Waals surface area (Å²) in [6.45, 7) is 19.1. The van der Waals surface area contributed by atoms with Crippen molar-refractivity contribution in [2.45, 2.75) is 94.2 Å². The molecule has 15 nitrogen and oxygen atoms in total. The Morgan fingerprint density at radius 3 is 1.77 bits per heavy atom. The molecule has 0 radical (unpaired) electrons. The molecule has 60 heavy (non-hydrogen) atoms. The minimum absolute atomic E-state index is 0.0466. The first-order valence-electron chi connectivity index (χ1n) is 20.9. The SMILES string of the molecule is CCC.CCC.CCCN(Cc1ncc(-c2ccc(-c3ccc(-c4cnc(CN(CCC)C(=O)CNC)[nH]4)c4[nH]cc(C)c34)cc2)[nH]1)C(=O)CNC(=O)OCC.COC=O. The summed E-state index contributed by atoms with van der Waals surface area (Å²) in [6.07, 6.45) is 9.16. The van der Waals surface area contributed by atoms with Crippen LogP contribution >= 0.6 is 0 Å². The van der Waals surface area contributed by atoms with Gasteiger partial charge in [-0.2, -0.15) is 0 Å². The van der Waals surface area contributed by atoms with Gasteiger partial charge in [-0.3, -0.25) is 14.4 Å². The van der Waals surface area contributed by atoms with Gasteiger partial charge in [-0.25, -0.2) is 14.8 Å². The molecule has 0 spiro atoms. The fraction of sp³-hybridized carbons (Fsp3) is 0.467. The Labute approximate surface area is 355 Å². The molecular formula is C45H67N9O6. The van der Waals surface area contributed by atoms with Crippen LogP contribution in [0.1, 0.15) is 91.4 Å². The van der Waals surface area contributed by atoms with Crippen molar-refractivity contribution in [3.8, 4) is 33.6 Å². The van der Waals surface area contributed by atoms with E-state index in [-0.39, 0.29) is 25.0 Å². The first kappa shape index (κ1) is 50.2. The van der Waals surface area contributed by atoms with Crippen LogP contribution in [0.4, 0.5) is 4.79 Å². The molecule has 0 bridgehead atoms. The third-order valence-corrected chi connectivity index (χ3v) is 8.54. The van der Waals surface area contributed by atoms with E-state index >= 15 is 0 Å². The topological polar surface area (TPSA) is 190 Å². The molecule has 0 unspecified atom stereocenters. The maximum absolute atomic E-state index is 12.8. The predicted octanol–water partition coefficient (Wildman–Crippen LogP) is 7.99. The third kappa shape index (κ3) is 15.3. The lowest BCUT2D eigenvalue weighted by atomic mass is 9.95. The van der Waals surface area contributed by atoms with E-state index in [0.29, 0.717) is 45.0 Å². The smallest absolute Gasteiger partial charge is 0.407 e. The Morgan fingerprint density at radius 1 is 0.750 bits per heavy atom. The predicted molar refractivity (Wildman–Crippen MR) is 239 cm³/mol. The fourth-order valence-corrected chi connectivity index (χ4v) is 6.07. The molecule has 3 amide bonds. The largest absolute Gasteiger partial charge is 0.471 e. The second-order valence-corrected chi connectivity index (χ2v) is 13.9. The average molecular weight is 830 g/mol. The van der Waals surface area contributed by atoms with Crippen molar-refractivity contribution in [2.75, 3.05) is 46.9 Å². The van der Waals surface area contributed by atoms with E-state index in [0.717, 1.165) is 68.8 Å². The number of aromatic amines is 3. The van der Waals surface area contributed by atoms with Gasteiger partial charge in [0.2, 0.25) is 11.8 Å². The third-order valence-electron chi connectivity index (χ3n) is 8.54. The molecule has 5 aromatic rings. The zero-order valence-corrected chi connectivity index (χ0v) is 37.3. The molecule has 5 rings (SSSR count). The van der Waals surface area contributed by atoms with Gasteiger partial charge in [-0.05, 0) is 56.0 Å². The van der Waals surface area contributed by atoms with Crippen molar-refractivity contribution >= 4 is 35.3 Å². The molecule has 2 aromatic carbocycles. The molecule has 0 aliphatic carbocycles. The van der Waals surface area contributed by atoms with Gasteiger partial charge in [0.1, 0.15) is 18.2 Å². The number of imidazole rings is 2. The fourth-order valence-electron chi connectivity index (χ4n) is 6.07. The molecule has 328 valence electrons. The van der Waals surface area contributed by atoms with Crippen LogP contribution < -0.4 is 10.6 Å². The summed E-state index contributed by atoms with van der Waals surface area (Å²) >= 11 is 0. The van der Waals surface area contributed by atoms with Crippen molar-refractivity contribution in [1.82, 2.24) is 45.4 Å². The van der Waals surface area contributed by atoms with E-state index < -0.39 is 6.09 Å². The van der Waals surface area contributed by atoms with Gasteiger partial charge in [-0.15, -0.1) is 0 Å². The van der Waals surface area contributed by atoms with Crippen LogP contribution in [0.3, 0.4) is 0 Å². The van der Waals surface area contributed by atoms with E-state index in [4.69, 9.17) is 9.53 Å². The Hall–Kier alpha value is -5.96. The van der Waals surface area contributed by atoms with Gasteiger partial charge in [0.05, 0.1) is 62.6 Å². The molecule has 0 atom stereocenters. The number of hydrogen-bond donors (Lipinski definition) is 5. The van der Waals surface area contributed by atoms with Crippen LogP contribution in [-0.2, 0) is 36.9 Å². The summed E-state index contributed by atoms with van der Waals surface area (Å²) < 4.78 is 8.72. The van der Waals surface area contributed by atoms with Crippen molar-refractivity contribution < 1.29 is 28.7 Å². The lowest BCUT2D eigenvalue weighted by Gasteiger charge is -2.21. The molecular weight excluding hydrogens is 763 g/mol. The first-order valence-corrected chi connectivity index (χ1v) is 20.9. The number of nitrogens with zero attached hydrogens (tertiary/aromatic N) is 4. The molecule has 0 aliphatic rings. The highest BCUT2D eigenvalue weighted by Gasteiger charge is 2.19. The van der Waals surface area contributed by atoms with Gasteiger partial charge < -0.3 is 44.9 Å². The number of aryl methyl sites for hydroxylation is 1. The van der Waals surface area contributed by atoms with E-state index in [1.54, 1.807) is 25.1 Å². The maximum atomic E-state index is 12.8. The van der Waals surface area contributed by atoms with Crippen LogP contribution in [0.15, 0.2) is 55.0 Å². The van der Waals surface area contributed by atoms with E-state index in [2.05, 4.69) is 118 Å². The van der Waals surface area contributed by atoms with Crippen molar-refractivity contribution in [3.63, 3.8) is 0 Å². The van der Waals surface area contributed by atoms with Gasteiger partial charge in [0.25, 0.3) is 6.47 Å². The summed E-state index contributed by atoms with van der Waals surface area (Å²) in [5.41, 5.74) is 8.04. The quantitative estimate of drug-likeness (QED) is 0.0579. The zero-order chi connectivity index (χ0) is 44.5. The Kier molecular flexibility index (Phi) is 23.1. The minimum atomic E-state index is -0.610. The molecule has 0 fully saturated rings. The van der Waals surface area contributed by atoms with Crippen molar-refractivity contribution in [2.24, 2.45) is 0 Å². The summed E-state index contributed by atoms with van der Waals surface area (Å²) in [4.78, 5) is 68.9. The summed E-state index contributed by atoms with van der Waals surface area (Å²) in [6, 6.07) is 12.6. The number of alkyl carbamates (subject to hydrolysis) is 1. The number of fused-ring (bicyclic) bond motifs is 1. The first-order chi connectivity index (χ1) is 29.0.